The molecule has 198 valence electrons. The summed E-state index contributed by atoms with van der Waals surface area (Å²) >= 11 is 6.26. The molecule has 0 N–H and O–H groups in total. The van der Waals surface area contributed by atoms with E-state index in [9.17, 15) is 13.2 Å². The van der Waals surface area contributed by atoms with Crippen LogP contribution in [-0.2, 0) is 11.3 Å². The van der Waals surface area contributed by atoms with E-state index in [4.69, 9.17) is 16.3 Å². The molecule has 0 aliphatic heterocycles. The Hall–Kier alpha value is -2.54. The van der Waals surface area contributed by atoms with Gasteiger partial charge in [0.05, 0.1) is 17.2 Å². The van der Waals surface area contributed by atoms with Crippen LogP contribution < -0.4 is 0 Å². The number of allylic oxidation sites excluding steroid dienone is 5. The Morgan fingerprint density at radius 3 is 2.50 bits per heavy atom. The molecule has 8 heteroatoms. The van der Waals surface area contributed by atoms with E-state index in [0.717, 1.165) is 61.4 Å². The average Bonchev–Trinajstić information content (AvgIpc) is 3.64. The highest BCUT2D eigenvalue weighted by Crippen LogP contribution is 2.33. The largest absolute Gasteiger partial charge is 0.493 e. The number of rotatable bonds is 12. The maximum atomic E-state index is 13.0. The fourth-order valence-corrected chi connectivity index (χ4v) is 3.72. The first-order valence-corrected chi connectivity index (χ1v) is 12.7. The van der Waals surface area contributed by atoms with Crippen LogP contribution in [-0.4, -0.2) is 28.8 Å². The lowest BCUT2D eigenvalue weighted by Crippen LogP contribution is -2.17. The number of hydrogen-bond acceptors (Lipinski definition) is 4. The van der Waals surface area contributed by atoms with Crippen LogP contribution >= 0.6 is 11.6 Å². The van der Waals surface area contributed by atoms with Gasteiger partial charge in [-0.2, -0.15) is 13.2 Å². The van der Waals surface area contributed by atoms with Crippen molar-refractivity contribution in [3.05, 3.63) is 70.0 Å². The van der Waals surface area contributed by atoms with Gasteiger partial charge in [0.1, 0.15) is 11.8 Å². The third-order valence-electron chi connectivity index (χ3n) is 5.64. The Labute approximate surface area is 218 Å². The maximum absolute atomic E-state index is 13.0. The van der Waals surface area contributed by atoms with Gasteiger partial charge in [0, 0.05) is 42.2 Å². The summed E-state index contributed by atoms with van der Waals surface area (Å²) in [5.74, 6) is 1.16. The van der Waals surface area contributed by atoms with Gasteiger partial charge < -0.3 is 9.64 Å². The predicted octanol–water partition coefficient (Wildman–Crippen LogP) is 8.69. The molecule has 0 bridgehead atoms. The lowest BCUT2D eigenvalue weighted by molar-refractivity contribution is -0.0921. The molecule has 2 rings (SSSR count). The second-order valence-corrected chi connectivity index (χ2v) is 9.48. The zero-order chi connectivity index (χ0) is 26.9. The zero-order valence-corrected chi connectivity index (χ0v) is 22.8. The predicted molar refractivity (Wildman–Crippen MR) is 142 cm³/mol. The molecule has 1 aliphatic carbocycles. The molecule has 1 heterocycles. The summed E-state index contributed by atoms with van der Waals surface area (Å²) in [5, 5.41) is 0.513. The van der Waals surface area contributed by atoms with Crippen LogP contribution in [0.15, 0.2) is 58.2 Å². The molecule has 1 saturated carbocycles. The minimum Gasteiger partial charge on any atom is -0.493 e. The number of alkyl halides is 3. The van der Waals surface area contributed by atoms with Crippen molar-refractivity contribution < 1.29 is 17.9 Å². The van der Waals surface area contributed by atoms with E-state index < -0.39 is 11.7 Å². The van der Waals surface area contributed by atoms with Crippen LogP contribution in [0.5, 0.6) is 0 Å². The van der Waals surface area contributed by atoms with Crippen molar-refractivity contribution in [2.75, 3.05) is 7.05 Å². The van der Waals surface area contributed by atoms with Crippen LogP contribution in [0.2, 0.25) is 0 Å². The molecule has 1 fully saturated rings. The number of hydrogen-bond donors (Lipinski definition) is 0. The highest BCUT2D eigenvalue weighted by Gasteiger charge is 2.30. The second kappa shape index (κ2) is 13.7. The van der Waals surface area contributed by atoms with Crippen molar-refractivity contribution in [2.45, 2.75) is 79.5 Å². The maximum Gasteiger partial charge on any atom is 0.413 e. The molecule has 4 nitrogen and oxygen atoms in total. The van der Waals surface area contributed by atoms with E-state index >= 15 is 0 Å². The van der Waals surface area contributed by atoms with Gasteiger partial charge in [-0.25, -0.2) is 4.99 Å². The Morgan fingerprint density at radius 1 is 1.25 bits per heavy atom. The van der Waals surface area contributed by atoms with Crippen molar-refractivity contribution in [3.63, 3.8) is 0 Å². The molecule has 0 unspecified atom stereocenters. The number of aliphatic imine (C=N–C) groups is 1. The molecule has 1 aromatic rings. The quantitative estimate of drug-likeness (QED) is 0.156. The Bertz CT molecular complexity index is 1050. The fourth-order valence-electron chi connectivity index (χ4n) is 3.51. The topological polar surface area (TPSA) is 37.7 Å². The molecular formula is C28H37ClF3N3O. The Balaban J connectivity index is 2.15. The summed E-state index contributed by atoms with van der Waals surface area (Å²) in [6.45, 7) is 9.21. The lowest BCUT2D eigenvalue weighted by atomic mass is 10.1. The number of unbranched alkanes of at least 4 members (excludes halogenated alkanes) is 1. The molecule has 0 saturated heterocycles. The molecule has 0 radical (unpaired) electrons. The highest BCUT2D eigenvalue weighted by molar-refractivity contribution is 6.30. The fraction of sp³-hybridized carbons (Fsp3) is 0.500. The summed E-state index contributed by atoms with van der Waals surface area (Å²) in [4.78, 5) is 10.6. The summed E-state index contributed by atoms with van der Waals surface area (Å²) in [7, 11) is 1.60. The second-order valence-electron chi connectivity index (χ2n) is 9.10. The van der Waals surface area contributed by atoms with E-state index in [0.29, 0.717) is 35.5 Å². The number of nitrogens with zero attached hydrogens (tertiary/aromatic N) is 3. The van der Waals surface area contributed by atoms with Gasteiger partial charge in [-0.15, -0.1) is 0 Å². The Morgan fingerprint density at radius 2 is 1.94 bits per heavy atom. The number of ether oxygens (including phenoxy) is 1. The molecule has 0 aromatic carbocycles. The van der Waals surface area contributed by atoms with Crippen LogP contribution in [0.1, 0.15) is 76.6 Å². The third kappa shape index (κ3) is 9.49. The van der Waals surface area contributed by atoms with E-state index in [2.05, 4.69) is 16.9 Å². The van der Waals surface area contributed by atoms with Gasteiger partial charge in [0.15, 0.2) is 0 Å². The van der Waals surface area contributed by atoms with Gasteiger partial charge in [-0.3, -0.25) is 4.98 Å². The SMILES string of the molecule is CC/C=C(/c1ncc(CO/C(C)=C/C(=N\C(Cl)=C\CCC)C2CC2)cc1C)N(C)/C=C(\C)C(F)(F)F. The van der Waals surface area contributed by atoms with Crippen molar-refractivity contribution in [2.24, 2.45) is 10.9 Å². The van der Waals surface area contributed by atoms with Crippen LogP contribution in [0.4, 0.5) is 13.2 Å². The summed E-state index contributed by atoms with van der Waals surface area (Å²) < 4.78 is 45.0. The van der Waals surface area contributed by atoms with E-state index in [1.807, 2.05) is 45.1 Å². The highest BCUT2D eigenvalue weighted by atomic mass is 35.5. The number of pyridine rings is 1. The summed E-state index contributed by atoms with van der Waals surface area (Å²) in [6, 6.07) is 1.95. The summed E-state index contributed by atoms with van der Waals surface area (Å²) in [6.07, 6.45) is 8.95. The molecule has 1 aromatic heterocycles. The first kappa shape index (κ1) is 29.7. The van der Waals surface area contributed by atoms with Gasteiger partial charge in [-0.1, -0.05) is 37.9 Å². The molecular weight excluding hydrogens is 487 g/mol. The van der Waals surface area contributed by atoms with E-state index in [1.54, 1.807) is 13.2 Å². The normalized spacial score (nSPS) is 16.4. The number of halogens is 4. The monoisotopic (exact) mass is 523 g/mol. The molecule has 0 spiro atoms. The first-order chi connectivity index (χ1) is 17.0. The van der Waals surface area contributed by atoms with Gasteiger partial charge >= 0.3 is 6.18 Å². The van der Waals surface area contributed by atoms with Crippen LogP contribution in [0.3, 0.4) is 0 Å². The van der Waals surface area contributed by atoms with Crippen LogP contribution in [0, 0.1) is 12.8 Å². The minimum atomic E-state index is -4.37. The van der Waals surface area contributed by atoms with Gasteiger partial charge in [-0.05, 0) is 70.2 Å². The molecule has 36 heavy (non-hydrogen) atoms. The minimum absolute atomic E-state index is 0.323. The van der Waals surface area contributed by atoms with E-state index in [-0.39, 0.29) is 0 Å². The van der Waals surface area contributed by atoms with Gasteiger partial charge in [0.25, 0.3) is 0 Å². The zero-order valence-electron chi connectivity index (χ0n) is 22.0. The van der Waals surface area contributed by atoms with Crippen molar-refractivity contribution in [1.29, 1.82) is 0 Å². The van der Waals surface area contributed by atoms with Crippen molar-refractivity contribution in [1.82, 2.24) is 9.88 Å². The molecule has 0 atom stereocenters. The molecule has 1 aliphatic rings. The summed E-state index contributed by atoms with van der Waals surface area (Å²) in [5.41, 5.74) is 3.26. The van der Waals surface area contributed by atoms with Crippen molar-refractivity contribution >= 4 is 23.0 Å². The van der Waals surface area contributed by atoms with Gasteiger partial charge in [0.2, 0.25) is 0 Å². The first-order valence-electron chi connectivity index (χ1n) is 12.4. The molecule has 0 amide bonds. The number of aryl methyl sites for hydroxylation is 1. The average molecular weight is 524 g/mol. The third-order valence-corrected chi connectivity index (χ3v) is 5.88. The van der Waals surface area contributed by atoms with Crippen LogP contribution in [0.25, 0.3) is 5.70 Å². The standard InChI is InChI=1S/C28H37ClF3N3O/c1-7-9-11-26(29)34-24(23-12-13-23)15-21(5)36-18-22-14-19(3)27(33-16-22)25(10-8-2)35(6)17-20(4)28(30,31)32/h10-11,14-17,23H,7-9,12-13,18H2,1-6H3/b20-17+,21-15+,25-10-,26-11+,34-24+. The van der Waals surface area contributed by atoms with E-state index in [1.165, 1.54) is 4.90 Å². The number of aromatic nitrogens is 1. The lowest BCUT2D eigenvalue weighted by Gasteiger charge is -2.22. The Kier molecular flexibility index (Phi) is 11.3. The van der Waals surface area contributed by atoms with Crippen molar-refractivity contribution in [3.8, 4) is 0 Å². The smallest absolute Gasteiger partial charge is 0.413 e.